The van der Waals surface area contributed by atoms with Crippen molar-refractivity contribution < 1.29 is 35.5 Å². The number of alkyl halides is 3. The minimum Gasteiger partial charge on any atom is -0.379 e. The van der Waals surface area contributed by atoms with Crippen LogP contribution in [0.1, 0.15) is 36.1 Å². The van der Waals surface area contributed by atoms with E-state index in [9.17, 15) is 30.8 Å². The first kappa shape index (κ1) is 30.1. The first-order chi connectivity index (χ1) is 17.8. The van der Waals surface area contributed by atoms with Crippen LogP contribution in [0.4, 0.5) is 23.2 Å². The number of nitrogens with one attached hydrogen (secondary N) is 2. The minimum absolute atomic E-state index is 0.0592. The fourth-order valence-corrected chi connectivity index (χ4v) is 5.26. The first-order valence-electron chi connectivity index (χ1n) is 11.9. The maximum absolute atomic E-state index is 14.3. The molecule has 1 aromatic heterocycles. The third kappa shape index (κ3) is 9.10. The number of benzene rings is 1. The Hall–Kier alpha value is -2.42. The molecule has 1 fully saturated rings. The van der Waals surface area contributed by atoms with Crippen molar-refractivity contribution in [3.05, 3.63) is 53.0 Å². The largest absolute Gasteiger partial charge is 0.433 e. The van der Waals surface area contributed by atoms with Gasteiger partial charge in [0.05, 0.1) is 31.1 Å². The number of thioether (sulfide) groups is 1. The zero-order chi connectivity index (χ0) is 27.9. The van der Waals surface area contributed by atoms with Gasteiger partial charge in [-0.15, -0.1) is 11.8 Å². The number of morpholine rings is 1. The molecule has 0 radical (unpaired) electrons. The van der Waals surface area contributed by atoms with Crippen LogP contribution in [0.3, 0.4) is 0 Å². The van der Waals surface area contributed by atoms with Gasteiger partial charge in [-0.05, 0) is 43.7 Å². The molecular formula is C24H30F4N4O4S2. The summed E-state index contributed by atoms with van der Waals surface area (Å²) in [7, 11) is -3.67. The van der Waals surface area contributed by atoms with Crippen molar-refractivity contribution in [2.45, 2.75) is 37.0 Å². The van der Waals surface area contributed by atoms with E-state index >= 15 is 0 Å². The summed E-state index contributed by atoms with van der Waals surface area (Å²) in [4.78, 5) is 18.8. The number of hydrogen-bond donors (Lipinski definition) is 2. The van der Waals surface area contributed by atoms with Crippen molar-refractivity contribution in [1.82, 2.24) is 15.2 Å². The molecule has 0 aliphatic carbocycles. The summed E-state index contributed by atoms with van der Waals surface area (Å²) in [5, 5.41) is 2.87. The van der Waals surface area contributed by atoms with Gasteiger partial charge in [-0.25, -0.2) is 17.8 Å². The molecule has 3 rings (SSSR count). The second-order valence-electron chi connectivity index (χ2n) is 8.87. The second-order valence-corrected chi connectivity index (χ2v) is 11.7. The van der Waals surface area contributed by atoms with Crippen LogP contribution >= 0.6 is 11.8 Å². The Morgan fingerprint density at radius 3 is 2.55 bits per heavy atom. The first-order valence-corrected chi connectivity index (χ1v) is 14.8. The molecule has 210 valence electrons. The summed E-state index contributed by atoms with van der Waals surface area (Å²) in [6.45, 7) is 5.26. The van der Waals surface area contributed by atoms with Crippen LogP contribution in [0.5, 0.6) is 0 Å². The summed E-state index contributed by atoms with van der Waals surface area (Å²) in [5.74, 6) is -1.56. The molecule has 14 heteroatoms. The lowest BCUT2D eigenvalue weighted by molar-refractivity contribution is -0.141. The predicted octanol–water partition coefficient (Wildman–Crippen LogP) is 3.85. The number of nitrogens with zero attached hydrogens (tertiary/aromatic N) is 2. The van der Waals surface area contributed by atoms with Gasteiger partial charge in [0, 0.05) is 31.0 Å². The quantitative estimate of drug-likeness (QED) is 0.237. The van der Waals surface area contributed by atoms with Gasteiger partial charge in [-0.2, -0.15) is 13.2 Å². The summed E-state index contributed by atoms with van der Waals surface area (Å²) in [6.07, 6.45) is -2.95. The molecule has 1 unspecified atom stereocenters. The van der Waals surface area contributed by atoms with E-state index in [0.29, 0.717) is 30.1 Å². The maximum Gasteiger partial charge on any atom is 0.433 e. The van der Waals surface area contributed by atoms with Gasteiger partial charge < -0.3 is 10.1 Å². The smallest absolute Gasteiger partial charge is 0.379 e. The van der Waals surface area contributed by atoms with Gasteiger partial charge in [0.15, 0.2) is 0 Å². The molecule has 1 atom stereocenters. The minimum atomic E-state index is -4.60. The van der Waals surface area contributed by atoms with Crippen molar-refractivity contribution >= 4 is 33.4 Å². The van der Waals surface area contributed by atoms with Crippen LogP contribution in [0, 0.1) is 5.82 Å². The molecule has 0 bridgehead atoms. The number of carbonyl (C=O) groups excluding carboxylic acids is 1. The fourth-order valence-electron chi connectivity index (χ4n) is 3.74. The molecule has 1 amide bonds. The van der Waals surface area contributed by atoms with Crippen LogP contribution < -0.4 is 10.0 Å². The molecule has 0 spiro atoms. The number of aromatic nitrogens is 1. The van der Waals surface area contributed by atoms with E-state index in [1.165, 1.54) is 30.0 Å². The second kappa shape index (κ2) is 13.1. The van der Waals surface area contributed by atoms with Gasteiger partial charge in [0.2, 0.25) is 15.9 Å². The van der Waals surface area contributed by atoms with Crippen molar-refractivity contribution in [3.63, 3.8) is 0 Å². The van der Waals surface area contributed by atoms with Crippen molar-refractivity contribution in [2.24, 2.45) is 0 Å². The van der Waals surface area contributed by atoms with E-state index < -0.39 is 39.5 Å². The molecule has 2 heterocycles. The third-order valence-corrected chi connectivity index (χ3v) is 7.54. The van der Waals surface area contributed by atoms with E-state index in [0.717, 1.165) is 44.4 Å². The average Bonchev–Trinajstić information content (AvgIpc) is 2.85. The number of sulfonamides is 1. The number of halogens is 4. The number of rotatable bonds is 11. The molecule has 38 heavy (non-hydrogen) atoms. The molecule has 2 aromatic rings. The molecular weight excluding hydrogens is 548 g/mol. The Kier molecular flexibility index (Phi) is 10.4. The van der Waals surface area contributed by atoms with Crippen molar-refractivity contribution in [3.8, 4) is 0 Å². The number of carbonyl (C=O) groups is 1. The van der Waals surface area contributed by atoms with E-state index in [4.69, 9.17) is 4.74 Å². The maximum atomic E-state index is 14.3. The predicted molar refractivity (Wildman–Crippen MR) is 137 cm³/mol. The van der Waals surface area contributed by atoms with Gasteiger partial charge in [0.1, 0.15) is 16.5 Å². The van der Waals surface area contributed by atoms with Gasteiger partial charge in [-0.3, -0.25) is 14.4 Å². The Balaban J connectivity index is 1.64. The zero-order valence-corrected chi connectivity index (χ0v) is 22.6. The van der Waals surface area contributed by atoms with Gasteiger partial charge >= 0.3 is 6.18 Å². The highest BCUT2D eigenvalue weighted by molar-refractivity contribution is 7.99. The SMILES string of the molecule is CC(C(=O)NCc1ccc(C(F)(F)F)nc1SCCCN1CCOCC1)c1ccc(NS(C)(=O)=O)c(F)c1. The summed E-state index contributed by atoms with van der Waals surface area (Å²) in [5.41, 5.74) is -0.499. The average molecular weight is 579 g/mol. The van der Waals surface area contributed by atoms with E-state index in [1.54, 1.807) is 6.92 Å². The van der Waals surface area contributed by atoms with Crippen LogP contribution in [0.2, 0.25) is 0 Å². The van der Waals surface area contributed by atoms with E-state index in [2.05, 4.69) is 19.9 Å². The molecule has 1 aliphatic rings. The summed E-state index contributed by atoms with van der Waals surface area (Å²) in [6, 6.07) is 5.90. The van der Waals surface area contributed by atoms with E-state index in [1.807, 2.05) is 0 Å². The number of amides is 1. The van der Waals surface area contributed by atoms with Gasteiger partial charge in [-0.1, -0.05) is 12.1 Å². The monoisotopic (exact) mass is 578 g/mol. The molecule has 1 saturated heterocycles. The van der Waals surface area contributed by atoms with Crippen LogP contribution in [0.15, 0.2) is 35.4 Å². The third-order valence-electron chi connectivity index (χ3n) is 5.83. The Morgan fingerprint density at radius 1 is 1.21 bits per heavy atom. The molecule has 0 saturated carbocycles. The molecule has 2 N–H and O–H groups in total. The number of hydrogen-bond acceptors (Lipinski definition) is 7. The van der Waals surface area contributed by atoms with Crippen LogP contribution in [-0.2, 0) is 32.3 Å². The highest BCUT2D eigenvalue weighted by Crippen LogP contribution is 2.31. The van der Waals surface area contributed by atoms with Gasteiger partial charge in [0.25, 0.3) is 0 Å². The number of ether oxygens (including phenoxy) is 1. The Labute approximate surface area is 223 Å². The molecule has 1 aromatic carbocycles. The van der Waals surface area contributed by atoms with Crippen LogP contribution in [-0.4, -0.2) is 69.1 Å². The van der Waals surface area contributed by atoms with E-state index in [-0.39, 0.29) is 17.3 Å². The summed E-state index contributed by atoms with van der Waals surface area (Å²) < 4.78 is 84.2. The fraction of sp³-hybridized carbons (Fsp3) is 0.500. The highest BCUT2D eigenvalue weighted by Gasteiger charge is 2.33. The Morgan fingerprint density at radius 2 is 1.92 bits per heavy atom. The zero-order valence-electron chi connectivity index (χ0n) is 21.0. The lowest BCUT2D eigenvalue weighted by Gasteiger charge is -2.26. The van der Waals surface area contributed by atoms with Crippen molar-refractivity contribution in [2.75, 3.05) is 49.6 Å². The Bertz CT molecular complexity index is 1220. The normalized spacial score (nSPS) is 15.7. The lowest BCUT2D eigenvalue weighted by atomic mass is 9.99. The van der Waals surface area contributed by atoms with Crippen LogP contribution in [0.25, 0.3) is 0 Å². The van der Waals surface area contributed by atoms with Crippen molar-refractivity contribution in [1.29, 1.82) is 0 Å². The highest BCUT2D eigenvalue weighted by atomic mass is 32.2. The topological polar surface area (TPSA) is 101 Å². The molecule has 1 aliphatic heterocycles. The standard InChI is InChI=1S/C24H30F4N4O4S2/c1-16(17-4-6-20(19(25)14-17)31-38(2,34)35)22(33)29-15-18-5-7-21(24(26,27)28)30-23(18)37-13-3-8-32-9-11-36-12-10-32/h4-7,14,16,31H,3,8-13,15H2,1-2H3,(H,29,33). The molecule has 8 nitrogen and oxygen atoms in total. The summed E-state index contributed by atoms with van der Waals surface area (Å²) >= 11 is 1.20. The number of anilines is 1. The lowest BCUT2D eigenvalue weighted by Crippen LogP contribution is -2.37. The number of pyridine rings is 1.